The summed E-state index contributed by atoms with van der Waals surface area (Å²) in [6.45, 7) is 4.68. The maximum atomic E-state index is 5.76. The molecule has 0 fully saturated rings. The Hall–Kier alpha value is -2.68. The van der Waals surface area contributed by atoms with Crippen molar-refractivity contribution in [3.8, 4) is 0 Å². The number of fused-ring (bicyclic) bond motifs is 1. The summed E-state index contributed by atoms with van der Waals surface area (Å²) < 4.78 is 5.76. The van der Waals surface area contributed by atoms with Gasteiger partial charge in [0.05, 0.1) is 12.0 Å². The first-order chi connectivity index (χ1) is 14.8. The minimum Gasteiger partial charge on any atom is -0.383 e. The summed E-state index contributed by atoms with van der Waals surface area (Å²) >= 11 is 0. The first-order valence-electron chi connectivity index (χ1n) is 10.9. The lowest BCUT2D eigenvalue weighted by molar-refractivity contribution is 0.151. The molecule has 0 saturated heterocycles. The van der Waals surface area contributed by atoms with Crippen LogP contribution in [-0.4, -0.2) is 26.8 Å². The van der Waals surface area contributed by atoms with Crippen molar-refractivity contribution >= 4 is 5.57 Å². The summed E-state index contributed by atoms with van der Waals surface area (Å²) in [7, 11) is 1.81. The molecule has 0 spiro atoms. The van der Waals surface area contributed by atoms with Crippen molar-refractivity contribution in [2.75, 3.05) is 26.8 Å². The van der Waals surface area contributed by atoms with Gasteiger partial charge in [-0.3, -0.25) is 0 Å². The number of hydrogen-bond donors (Lipinski definition) is 1. The maximum Gasteiger partial charge on any atom is 0.0606 e. The largest absolute Gasteiger partial charge is 0.383 e. The van der Waals surface area contributed by atoms with E-state index in [0.717, 1.165) is 25.9 Å². The third-order valence-corrected chi connectivity index (χ3v) is 6.03. The Morgan fingerprint density at radius 1 is 0.800 bits per heavy atom. The molecule has 0 amide bonds. The molecular formula is C28H31NO. The van der Waals surface area contributed by atoms with Crippen LogP contribution in [0.3, 0.4) is 0 Å². The second-order valence-corrected chi connectivity index (χ2v) is 8.20. The zero-order valence-electron chi connectivity index (χ0n) is 18.0. The Morgan fingerprint density at radius 2 is 1.47 bits per heavy atom. The summed E-state index contributed by atoms with van der Waals surface area (Å²) in [5, 5.41) is 3.59. The Bertz CT molecular complexity index is 994. The molecule has 0 saturated carbocycles. The molecule has 0 radical (unpaired) electrons. The standard InChI is InChI=1S/C28H31NO/c1-3-29-20-28(21-30-2)19-25(18-23-13-8-5-9-14-23)27-24(15-10-16-26(27)28)17-22-11-6-4-7-12-22/h4-16,19,29H,3,17-18,20-21H2,1-2H3. The van der Waals surface area contributed by atoms with Crippen LogP contribution < -0.4 is 5.32 Å². The Kier molecular flexibility index (Phi) is 6.47. The van der Waals surface area contributed by atoms with Crippen LogP contribution in [0.5, 0.6) is 0 Å². The van der Waals surface area contributed by atoms with E-state index in [1.54, 1.807) is 0 Å². The molecule has 0 bridgehead atoms. The van der Waals surface area contributed by atoms with Crippen molar-refractivity contribution in [2.45, 2.75) is 25.2 Å². The lowest BCUT2D eigenvalue weighted by Gasteiger charge is -2.29. The topological polar surface area (TPSA) is 21.3 Å². The fourth-order valence-electron chi connectivity index (χ4n) is 4.72. The molecule has 3 aromatic carbocycles. The predicted octanol–water partition coefficient (Wildman–Crippen LogP) is 5.41. The third kappa shape index (κ3) is 4.26. The van der Waals surface area contributed by atoms with Gasteiger partial charge in [-0.15, -0.1) is 0 Å². The number of methoxy groups -OCH3 is 1. The van der Waals surface area contributed by atoms with Gasteiger partial charge < -0.3 is 10.1 Å². The van der Waals surface area contributed by atoms with E-state index in [1.165, 1.54) is 33.4 Å². The van der Waals surface area contributed by atoms with E-state index in [1.807, 2.05) is 7.11 Å². The Balaban J connectivity index is 1.80. The Morgan fingerprint density at radius 3 is 2.10 bits per heavy atom. The first kappa shape index (κ1) is 20.6. The van der Waals surface area contributed by atoms with Crippen LogP contribution in [0.4, 0.5) is 0 Å². The van der Waals surface area contributed by atoms with E-state index in [0.29, 0.717) is 6.61 Å². The van der Waals surface area contributed by atoms with Crippen molar-refractivity contribution in [3.05, 3.63) is 113 Å². The fourth-order valence-corrected chi connectivity index (χ4v) is 4.72. The van der Waals surface area contributed by atoms with Gasteiger partial charge in [-0.2, -0.15) is 0 Å². The van der Waals surface area contributed by atoms with Crippen LogP contribution in [0.2, 0.25) is 0 Å². The minimum atomic E-state index is -0.128. The number of rotatable bonds is 9. The average molecular weight is 398 g/mol. The molecular weight excluding hydrogens is 366 g/mol. The molecule has 30 heavy (non-hydrogen) atoms. The van der Waals surface area contributed by atoms with Crippen LogP contribution in [0.15, 0.2) is 84.9 Å². The third-order valence-electron chi connectivity index (χ3n) is 6.03. The van der Waals surface area contributed by atoms with Gasteiger partial charge in [-0.05, 0) is 52.8 Å². The molecule has 1 unspecified atom stereocenters. The fraction of sp³-hybridized carbons (Fsp3) is 0.286. The molecule has 1 aliphatic carbocycles. The van der Waals surface area contributed by atoms with Crippen molar-refractivity contribution in [2.24, 2.45) is 0 Å². The molecule has 1 atom stereocenters. The summed E-state index contributed by atoms with van der Waals surface area (Å²) in [6, 6.07) is 28.4. The smallest absolute Gasteiger partial charge is 0.0606 e. The van der Waals surface area contributed by atoms with Crippen LogP contribution >= 0.6 is 0 Å². The normalized spacial score (nSPS) is 17.6. The minimum absolute atomic E-state index is 0.128. The summed E-state index contributed by atoms with van der Waals surface area (Å²) in [4.78, 5) is 0. The van der Waals surface area contributed by atoms with E-state index in [4.69, 9.17) is 4.74 Å². The zero-order chi connectivity index (χ0) is 20.8. The van der Waals surface area contributed by atoms with Crippen LogP contribution in [0.1, 0.15) is 34.7 Å². The van der Waals surface area contributed by atoms with E-state index in [9.17, 15) is 0 Å². The summed E-state index contributed by atoms with van der Waals surface area (Å²) in [5.74, 6) is 0. The molecule has 154 valence electrons. The summed E-state index contributed by atoms with van der Waals surface area (Å²) in [6.07, 6.45) is 4.36. The molecule has 4 rings (SSSR count). The van der Waals surface area contributed by atoms with Gasteiger partial charge in [-0.1, -0.05) is 91.9 Å². The van der Waals surface area contributed by atoms with E-state index in [2.05, 4.69) is 97.2 Å². The second-order valence-electron chi connectivity index (χ2n) is 8.20. The number of nitrogens with one attached hydrogen (secondary N) is 1. The van der Waals surface area contributed by atoms with Crippen molar-refractivity contribution in [1.29, 1.82) is 0 Å². The average Bonchev–Trinajstić information content (AvgIpc) is 3.08. The molecule has 0 heterocycles. The van der Waals surface area contributed by atoms with E-state index < -0.39 is 0 Å². The van der Waals surface area contributed by atoms with Gasteiger partial charge in [0.1, 0.15) is 0 Å². The number of hydrogen-bond acceptors (Lipinski definition) is 2. The maximum absolute atomic E-state index is 5.76. The zero-order valence-corrected chi connectivity index (χ0v) is 18.0. The van der Waals surface area contributed by atoms with Crippen molar-refractivity contribution < 1.29 is 4.74 Å². The number of likely N-dealkylation sites (N-methyl/N-ethyl adjacent to an activating group) is 1. The van der Waals surface area contributed by atoms with Crippen molar-refractivity contribution in [1.82, 2.24) is 5.32 Å². The van der Waals surface area contributed by atoms with Crippen molar-refractivity contribution in [3.63, 3.8) is 0 Å². The number of benzene rings is 3. The van der Waals surface area contributed by atoms with E-state index >= 15 is 0 Å². The monoisotopic (exact) mass is 397 g/mol. The van der Waals surface area contributed by atoms with Gasteiger partial charge >= 0.3 is 0 Å². The Labute approximate surface area is 180 Å². The highest BCUT2D eigenvalue weighted by atomic mass is 16.5. The number of allylic oxidation sites excluding steroid dienone is 1. The lowest BCUT2D eigenvalue weighted by Crippen LogP contribution is -2.39. The lowest BCUT2D eigenvalue weighted by atomic mass is 9.81. The molecule has 0 aliphatic heterocycles. The SMILES string of the molecule is CCNCC1(COC)C=C(Cc2ccccc2)c2c(Cc3ccccc3)cccc21. The van der Waals surface area contributed by atoms with Gasteiger partial charge in [0.15, 0.2) is 0 Å². The second kappa shape index (κ2) is 9.42. The molecule has 1 aliphatic rings. The number of ether oxygens (including phenoxy) is 1. The highest BCUT2D eigenvalue weighted by Gasteiger charge is 2.38. The van der Waals surface area contributed by atoms with E-state index in [-0.39, 0.29) is 5.41 Å². The highest BCUT2D eigenvalue weighted by Crippen LogP contribution is 2.44. The molecule has 2 heteroatoms. The molecule has 3 aromatic rings. The predicted molar refractivity (Wildman–Crippen MR) is 126 cm³/mol. The van der Waals surface area contributed by atoms with Crippen LogP contribution in [0.25, 0.3) is 5.57 Å². The van der Waals surface area contributed by atoms with Gasteiger partial charge in [0, 0.05) is 13.7 Å². The van der Waals surface area contributed by atoms with Gasteiger partial charge in [0.25, 0.3) is 0 Å². The quantitative estimate of drug-likeness (QED) is 0.521. The molecule has 0 aromatic heterocycles. The van der Waals surface area contributed by atoms with Gasteiger partial charge in [-0.25, -0.2) is 0 Å². The first-order valence-corrected chi connectivity index (χ1v) is 10.9. The summed E-state index contributed by atoms with van der Waals surface area (Å²) in [5.41, 5.74) is 8.19. The molecule has 2 nitrogen and oxygen atoms in total. The molecule has 1 N–H and O–H groups in total. The van der Waals surface area contributed by atoms with Gasteiger partial charge in [0.2, 0.25) is 0 Å². The van der Waals surface area contributed by atoms with Crippen LogP contribution in [-0.2, 0) is 23.0 Å². The van der Waals surface area contributed by atoms with Crippen LogP contribution in [0, 0.1) is 0 Å². The highest BCUT2D eigenvalue weighted by molar-refractivity contribution is 5.80.